The van der Waals surface area contributed by atoms with Gasteiger partial charge in [0, 0.05) is 38.4 Å². The van der Waals surface area contributed by atoms with E-state index in [2.05, 4.69) is 94.1 Å². The first kappa shape index (κ1) is 30.4. The van der Waals surface area contributed by atoms with Gasteiger partial charge in [0.15, 0.2) is 0 Å². The average Bonchev–Trinajstić information content (AvgIpc) is 3.74. The Balaban J connectivity index is 1.27. The summed E-state index contributed by atoms with van der Waals surface area (Å²) in [6, 6.07) is 55.4. The number of para-hydroxylation sites is 3. The highest BCUT2D eigenvalue weighted by molar-refractivity contribution is 6.23. The Bertz CT molecular complexity index is 3200. The number of halogens is 2. The number of nitrogens with zero attached hydrogens (tertiary/aromatic N) is 4. The molecule has 0 amide bonds. The number of hydrogen-bond acceptors (Lipinski definition) is 2. The summed E-state index contributed by atoms with van der Waals surface area (Å²) in [5, 5.41) is 7.92. The molecule has 0 N–H and O–H groups in total. The van der Waals surface area contributed by atoms with E-state index in [0.29, 0.717) is 5.95 Å². The van der Waals surface area contributed by atoms with Crippen molar-refractivity contribution in [1.29, 1.82) is 0 Å². The van der Waals surface area contributed by atoms with Crippen LogP contribution >= 0.6 is 0 Å². The lowest BCUT2D eigenvalue weighted by atomic mass is 10.0. The molecule has 6 heteroatoms. The second-order valence-electron chi connectivity index (χ2n) is 13.7. The molecule has 54 heavy (non-hydrogen) atoms. The molecule has 0 saturated heterocycles. The van der Waals surface area contributed by atoms with Crippen molar-refractivity contribution < 1.29 is 8.78 Å². The molecule has 0 bridgehead atoms. The molecule has 8 aromatic carbocycles. The van der Waals surface area contributed by atoms with Crippen molar-refractivity contribution in [3.63, 3.8) is 0 Å². The minimum absolute atomic E-state index is 0.274. The monoisotopic (exact) mass is 698 g/mol. The Kier molecular flexibility index (Phi) is 6.58. The lowest BCUT2D eigenvalue weighted by Crippen LogP contribution is -2.05. The van der Waals surface area contributed by atoms with Gasteiger partial charge >= 0.3 is 0 Å². The van der Waals surface area contributed by atoms with Gasteiger partial charge in [0.25, 0.3) is 0 Å². The molecule has 11 aromatic rings. The number of benzene rings is 8. The largest absolute Gasteiger partial charge is 0.307 e. The zero-order chi connectivity index (χ0) is 35.9. The first-order valence-electron chi connectivity index (χ1n) is 17.9. The molecule has 3 heterocycles. The topological polar surface area (TPSA) is 35.6 Å². The van der Waals surface area contributed by atoms with Crippen molar-refractivity contribution in [1.82, 2.24) is 19.1 Å². The Morgan fingerprint density at radius 1 is 0.370 bits per heavy atom. The smallest absolute Gasteiger partial charge is 0.235 e. The summed E-state index contributed by atoms with van der Waals surface area (Å²) in [6.45, 7) is 0. The SMILES string of the molecule is Fc1ccc2cc(-c3cc(-c4ccc5cc(F)ccc5c4)nc(-n4c5ccccc5c5ccc6c7ccccc7n(-c7ccccc7)c6c54)n3)ccc2c1. The van der Waals surface area contributed by atoms with Gasteiger partial charge in [-0.2, -0.15) is 0 Å². The summed E-state index contributed by atoms with van der Waals surface area (Å²) in [4.78, 5) is 10.7. The summed E-state index contributed by atoms with van der Waals surface area (Å²) in [6.07, 6.45) is 0. The molecule has 254 valence electrons. The van der Waals surface area contributed by atoms with Crippen molar-refractivity contribution in [2.75, 3.05) is 0 Å². The van der Waals surface area contributed by atoms with Crippen LogP contribution in [0.25, 0.3) is 99.3 Å². The second-order valence-corrected chi connectivity index (χ2v) is 13.7. The third kappa shape index (κ3) is 4.67. The van der Waals surface area contributed by atoms with Gasteiger partial charge in [-0.1, -0.05) is 103 Å². The highest BCUT2D eigenvalue weighted by Gasteiger charge is 2.23. The van der Waals surface area contributed by atoms with Gasteiger partial charge in [-0.3, -0.25) is 4.57 Å². The van der Waals surface area contributed by atoms with Crippen molar-refractivity contribution in [2.24, 2.45) is 0 Å². The van der Waals surface area contributed by atoms with E-state index in [1.807, 2.05) is 48.5 Å². The predicted molar refractivity (Wildman–Crippen MR) is 217 cm³/mol. The van der Waals surface area contributed by atoms with E-state index < -0.39 is 0 Å². The molecule has 0 atom stereocenters. The minimum Gasteiger partial charge on any atom is -0.307 e. The fraction of sp³-hybridized carbons (Fsp3) is 0. The van der Waals surface area contributed by atoms with E-state index in [1.165, 1.54) is 12.1 Å². The normalized spacial score (nSPS) is 11.9. The molecule has 0 radical (unpaired) electrons. The number of rotatable bonds is 4. The Morgan fingerprint density at radius 2 is 0.833 bits per heavy atom. The van der Waals surface area contributed by atoms with Crippen LogP contribution < -0.4 is 0 Å². The van der Waals surface area contributed by atoms with Crippen LogP contribution in [-0.4, -0.2) is 19.1 Å². The summed E-state index contributed by atoms with van der Waals surface area (Å²) >= 11 is 0. The van der Waals surface area contributed by atoms with E-state index in [0.717, 1.165) is 93.4 Å². The number of aromatic nitrogens is 4. The van der Waals surface area contributed by atoms with Crippen LogP contribution in [0.2, 0.25) is 0 Å². The highest BCUT2D eigenvalue weighted by Crippen LogP contribution is 2.42. The van der Waals surface area contributed by atoms with Crippen molar-refractivity contribution in [3.8, 4) is 34.2 Å². The molecule has 11 rings (SSSR count). The lowest BCUT2D eigenvalue weighted by Gasteiger charge is -2.14. The Morgan fingerprint density at radius 3 is 1.41 bits per heavy atom. The fourth-order valence-electron chi connectivity index (χ4n) is 8.14. The second kappa shape index (κ2) is 11.7. The molecule has 0 aliphatic carbocycles. The standard InChI is InChI=1S/C48H28F2N4/c49-35-20-18-29-24-33(16-14-31(29)26-35)42-28-43(34-17-15-32-27-36(50)21-19-30(32)25-34)52-48(51-42)54-45-13-7-5-11-39(45)41-23-22-40-38-10-4-6-12-44(38)53(46(40)47(41)54)37-8-2-1-3-9-37/h1-28H. The van der Waals surface area contributed by atoms with Crippen LogP contribution in [0.3, 0.4) is 0 Å². The van der Waals surface area contributed by atoms with Crippen LogP contribution in [0.15, 0.2) is 170 Å². The molecule has 0 unspecified atom stereocenters. The first-order chi connectivity index (χ1) is 26.6. The van der Waals surface area contributed by atoms with Crippen molar-refractivity contribution in [3.05, 3.63) is 181 Å². The number of fused-ring (bicyclic) bond motifs is 9. The van der Waals surface area contributed by atoms with E-state index >= 15 is 0 Å². The maximum Gasteiger partial charge on any atom is 0.235 e. The Labute approximate surface area is 307 Å². The number of hydrogen-bond donors (Lipinski definition) is 0. The zero-order valence-corrected chi connectivity index (χ0v) is 28.7. The molecule has 0 saturated carbocycles. The molecule has 3 aromatic heterocycles. The third-order valence-electron chi connectivity index (χ3n) is 10.6. The molecule has 0 fully saturated rings. The highest BCUT2D eigenvalue weighted by atomic mass is 19.1. The van der Waals surface area contributed by atoms with Gasteiger partial charge in [-0.05, 0) is 88.3 Å². The molecule has 0 aliphatic heterocycles. The van der Waals surface area contributed by atoms with Crippen LogP contribution in [0.1, 0.15) is 0 Å². The predicted octanol–water partition coefficient (Wildman–Crippen LogP) is 12.6. The van der Waals surface area contributed by atoms with Crippen LogP contribution in [-0.2, 0) is 0 Å². The van der Waals surface area contributed by atoms with Crippen molar-refractivity contribution in [2.45, 2.75) is 0 Å². The van der Waals surface area contributed by atoms with E-state index in [1.54, 1.807) is 24.3 Å². The average molecular weight is 699 g/mol. The first-order valence-corrected chi connectivity index (χ1v) is 17.9. The van der Waals surface area contributed by atoms with E-state index in [9.17, 15) is 8.78 Å². The van der Waals surface area contributed by atoms with Gasteiger partial charge in [0.1, 0.15) is 11.6 Å². The molecule has 4 nitrogen and oxygen atoms in total. The zero-order valence-electron chi connectivity index (χ0n) is 28.7. The summed E-state index contributed by atoms with van der Waals surface area (Å²) in [5.41, 5.74) is 8.42. The van der Waals surface area contributed by atoms with E-state index in [-0.39, 0.29) is 11.6 Å². The lowest BCUT2D eigenvalue weighted by molar-refractivity contribution is 0.629. The molecule has 0 aliphatic rings. The third-order valence-corrected chi connectivity index (χ3v) is 10.6. The van der Waals surface area contributed by atoms with Gasteiger partial charge in [-0.25, -0.2) is 18.7 Å². The summed E-state index contributed by atoms with van der Waals surface area (Å²) < 4.78 is 32.9. The van der Waals surface area contributed by atoms with Gasteiger partial charge in [-0.15, -0.1) is 0 Å². The van der Waals surface area contributed by atoms with Crippen LogP contribution in [0.4, 0.5) is 8.78 Å². The maximum atomic E-state index is 14.2. The van der Waals surface area contributed by atoms with Gasteiger partial charge < -0.3 is 4.57 Å². The summed E-state index contributed by atoms with van der Waals surface area (Å²) in [5.74, 6) is -0.0308. The quantitative estimate of drug-likeness (QED) is 0.183. The fourth-order valence-corrected chi connectivity index (χ4v) is 8.14. The Hall–Kier alpha value is -7.18. The molecular weight excluding hydrogens is 671 g/mol. The maximum absolute atomic E-state index is 14.2. The van der Waals surface area contributed by atoms with Gasteiger partial charge in [0.2, 0.25) is 5.95 Å². The summed E-state index contributed by atoms with van der Waals surface area (Å²) in [7, 11) is 0. The van der Waals surface area contributed by atoms with Crippen LogP contribution in [0, 0.1) is 11.6 Å². The van der Waals surface area contributed by atoms with Crippen LogP contribution in [0.5, 0.6) is 0 Å². The van der Waals surface area contributed by atoms with E-state index in [4.69, 9.17) is 9.97 Å². The minimum atomic E-state index is -0.274. The van der Waals surface area contributed by atoms with Gasteiger partial charge in [0.05, 0.1) is 33.5 Å². The van der Waals surface area contributed by atoms with Crippen molar-refractivity contribution >= 4 is 65.2 Å². The molecular formula is C48H28F2N4. The molecule has 0 spiro atoms.